The number of benzene rings is 4. The van der Waals surface area contributed by atoms with Crippen LogP contribution in [0.3, 0.4) is 0 Å². The predicted molar refractivity (Wildman–Crippen MR) is 146 cm³/mol. The number of fused-ring (bicyclic) bond motifs is 4. The molecule has 4 aromatic carbocycles. The van der Waals surface area contributed by atoms with E-state index in [0.29, 0.717) is 0 Å². The van der Waals surface area contributed by atoms with Crippen molar-refractivity contribution in [3.8, 4) is 46.5 Å². The van der Waals surface area contributed by atoms with Crippen molar-refractivity contribution in [2.24, 2.45) is 0 Å². The zero-order valence-electron chi connectivity index (χ0n) is 23.0. The average Bonchev–Trinajstić information content (AvgIpc) is 3.60. The molecule has 0 amide bonds. The summed E-state index contributed by atoms with van der Waals surface area (Å²) in [6, 6.07) is 12.6. The van der Waals surface area contributed by atoms with E-state index in [1.807, 2.05) is 0 Å². The number of nitrogens with zero attached hydrogens (tertiary/aromatic N) is 4. The van der Waals surface area contributed by atoms with Gasteiger partial charge in [0.15, 0.2) is 46.5 Å². The second-order valence-electron chi connectivity index (χ2n) is 10.0. The molecule has 0 unspecified atom stereocenters. The highest BCUT2D eigenvalue weighted by atomic mass is 19.2. The number of rotatable bonds is 2. The highest BCUT2D eigenvalue weighted by Crippen LogP contribution is 2.62. The third-order valence-corrected chi connectivity index (χ3v) is 7.82. The van der Waals surface area contributed by atoms with Crippen molar-refractivity contribution in [2.75, 3.05) is 0 Å². The third-order valence-electron chi connectivity index (χ3n) is 7.82. The first kappa shape index (κ1) is 31.3. The van der Waals surface area contributed by atoms with Gasteiger partial charge < -0.3 is 0 Å². The topological polar surface area (TPSA) is 95.2 Å². The zero-order valence-corrected chi connectivity index (χ0v) is 23.0. The minimum atomic E-state index is -2.47. The molecule has 0 spiro atoms. The van der Waals surface area contributed by atoms with E-state index in [4.69, 9.17) is 0 Å². The van der Waals surface area contributed by atoms with E-state index in [9.17, 15) is 47.4 Å². The van der Waals surface area contributed by atoms with Gasteiger partial charge >= 0.3 is 0 Å². The van der Waals surface area contributed by atoms with Crippen LogP contribution in [0.25, 0.3) is 44.5 Å². The summed E-state index contributed by atoms with van der Waals surface area (Å²) in [5, 5.41) is 39.7. The molecule has 4 aromatic rings. The fourth-order valence-electron chi connectivity index (χ4n) is 5.97. The number of halogens is 10. The van der Waals surface area contributed by atoms with E-state index in [2.05, 4.69) is 0 Å². The van der Waals surface area contributed by atoms with Crippen molar-refractivity contribution < 1.29 is 43.9 Å². The Morgan fingerprint density at radius 3 is 0.875 bits per heavy atom. The SMILES string of the molecule is N#CC(C#N)=C1C2=C(C(=C(C#N)C#N)c3c2cccc3-c2c(F)c(F)c(F)c(F)c2F)c2cccc(-c3c(F)c(F)c(F)c(F)c3F)c21. The first-order chi connectivity index (χ1) is 22.9. The second-order valence-corrected chi connectivity index (χ2v) is 10.0. The van der Waals surface area contributed by atoms with Gasteiger partial charge in [0.1, 0.15) is 35.4 Å². The molecule has 0 atom stereocenters. The van der Waals surface area contributed by atoms with Gasteiger partial charge in [-0.2, -0.15) is 21.0 Å². The Morgan fingerprint density at radius 1 is 0.354 bits per heavy atom. The zero-order chi connectivity index (χ0) is 34.9. The molecule has 0 heterocycles. The van der Waals surface area contributed by atoms with Gasteiger partial charge in [0.05, 0.1) is 11.1 Å². The molecule has 0 aliphatic heterocycles. The molecule has 0 saturated heterocycles. The smallest absolute Gasteiger partial charge is 0.200 e. The molecule has 0 aromatic heterocycles. The lowest BCUT2D eigenvalue weighted by Gasteiger charge is -2.19. The number of nitriles is 4. The van der Waals surface area contributed by atoms with E-state index in [0.717, 1.165) is 24.3 Å². The first-order valence-electron chi connectivity index (χ1n) is 13.0. The molecule has 0 bridgehead atoms. The highest BCUT2D eigenvalue weighted by Gasteiger charge is 2.44. The summed E-state index contributed by atoms with van der Waals surface area (Å²) in [6.45, 7) is 0. The van der Waals surface area contributed by atoms with Gasteiger partial charge in [-0.1, -0.05) is 36.4 Å². The Balaban J connectivity index is 1.81. The fraction of sp³-hybridized carbons (Fsp3) is 0. The molecule has 0 N–H and O–H groups in total. The second kappa shape index (κ2) is 11.0. The predicted octanol–water partition coefficient (Wildman–Crippen LogP) is 8.95. The molecule has 6 rings (SSSR count). The summed E-state index contributed by atoms with van der Waals surface area (Å²) in [6.07, 6.45) is 0. The Bertz CT molecular complexity index is 2240. The van der Waals surface area contributed by atoms with Gasteiger partial charge in [0.2, 0.25) is 11.6 Å². The van der Waals surface area contributed by atoms with Crippen LogP contribution in [-0.4, -0.2) is 0 Å². The molecule has 4 nitrogen and oxygen atoms in total. The quantitative estimate of drug-likeness (QED) is 0.0929. The van der Waals surface area contributed by atoms with Crippen molar-refractivity contribution >= 4 is 22.3 Å². The van der Waals surface area contributed by atoms with Crippen LogP contribution in [0.2, 0.25) is 0 Å². The monoisotopic (exact) mass is 660 g/mol. The Labute approximate surface area is 261 Å². The third kappa shape index (κ3) is 3.93. The van der Waals surface area contributed by atoms with Gasteiger partial charge in [-0.05, 0) is 22.3 Å². The van der Waals surface area contributed by atoms with Crippen LogP contribution in [0.15, 0.2) is 47.5 Å². The van der Waals surface area contributed by atoms with Crippen molar-refractivity contribution in [1.82, 2.24) is 0 Å². The summed E-state index contributed by atoms with van der Waals surface area (Å²) >= 11 is 0. The van der Waals surface area contributed by atoms with E-state index >= 15 is 17.6 Å². The first-order valence-corrected chi connectivity index (χ1v) is 13.0. The van der Waals surface area contributed by atoms with Gasteiger partial charge in [-0.3, -0.25) is 0 Å². The lowest BCUT2D eigenvalue weighted by molar-refractivity contribution is 0.381. The summed E-state index contributed by atoms with van der Waals surface area (Å²) in [5.41, 5.74) is -8.98. The van der Waals surface area contributed by atoms with E-state index in [-0.39, 0.29) is 22.3 Å². The fourth-order valence-corrected chi connectivity index (χ4v) is 5.97. The number of hydrogen-bond acceptors (Lipinski definition) is 4. The van der Waals surface area contributed by atoms with Crippen LogP contribution < -0.4 is 0 Å². The van der Waals surface area contributed by atoms with Crippen LogP contribution in [0.5, 0.6) is 0 Å². The maximum absolute atomic E-state index is 15.2. The maximum atomic E-state index is 15.2. The van der Waals surface area contributed by atoms with E-state index in [1.54, 1.807) is 24.3 Å². The summed E-state index contributed by atoms with van der Waals surface area (Å²) in [5.74, 6) is -23.3. The average molecular weight is 660 g/mol. The summed E-state index contributed by atoms with van der Waals surface area (Å²) in [4.78, 5) is 0. The molecular formula is C34H6F10N4. The number of allylic oxidation sites excluding steroid dienone is 6. The van der Waals surface area contributed by atoms with Gasteiger partial charge in [-0.15, -0.1) is 0 Å². The molecule has 232 valence electrons. The maximum Gasteiger partial charge on any atom is 0.200 e. The van der Waals surface area contributed by atoms with Crippen LogP contribution in [0, 0.1) is 103 Å². The van der Waals surface area contributed by atoms with Gasteiger partial charge in [0.25, 0.3) is 0 Å². The molecule has 2 aliphatic carbocycles. The molecule has 0 radical (unpaired) electrons. The molecule has 0 saturated carbocycles. The van der Waals surface area contributed by atoms with Crippen molar-refractivity contribution in [3.05, 3.63) is 128 Å². The van der Waals surface area contributed by atoms with Crippen molar-refractivity contribution in [3.63, 3.8) is 0 Å². The largest absolute Gasteiger partial charge is 0.203 e. The molecule has 48 heavy (non-hydrogen) atoms. The molecule has 14 heteroatoms. The van der Waals surface area contributed by atoms with E-state index < -0.39 is 114 Å². The van der Waals surface area contributed by atoms with Crippen LogP contribution >= 0.6 is 0 Å². The van der Waals surface area contributed by atoms with Gasteiger partial charge in [0, 0.05) is 33.4 Å². The standard InChI is InChI=1S/C34H6F10N4/c35-25-23(26(36)30(40)33(43)29(25)39)15-5-1-3-13-19(15)17(11(7-45)8-46)22-14-4-2-6-16(20(14)18(21(13)22)12(9-47)10-48)24-27(37)31(41)34(44)32(42)28(24)38/h1-6H. The molecular weight excluding hydrogens is 654 g/mol. The van der Waals surface area contributed by atoms with Crippen LogP contribution in [-0.2, 0) is 0 Å². The highest BCUT2D eigenvalue weighted by molar-refractivity contribution is 6.39. The summed E-state index contributed by atoms with van der Waals surface area (Å²) in [7, 11) is 0. The van der Waals surface area contributed by atoms with Crippen LogP contribution in [0.1, 0.15) is 22.3 Å². The lowest BCUT2D eigenvalue weighted by Crippen LogP contribution is -2.07. The Hall–Kier alpha value is -6.64. The van der Waals surface area contributed by atoms with Crippen LogP contribution in [0.4, 0.5) is 43.9 Å². The normalized spacial score (nSPS) is 12.5. The minimum Gasteiger partial charge on any atom is -0.203 e. The molecule has 2 aliphatic rings. The molecule has 0 fully saturated rings. The van der Waals surface area contributed by atoms with E-state index in [1.165, 1.54) is 12.1 Å². The lowest BCUT2D eigenvalue weighted by atomic mass is 9.83. The summed E-state index contributed by atoms with van der Waals surface area (Å²) < 4.78 is 146. The van der Waals surface area contributed by atoms with Crippen molar-refractivity contribution in [2.45, 2.75) is 0 Å². The van der Waals surface area contributed by atoms with Gasteiger partial charge in [-0.25, -0.2) is 43.9 Å². The van der Waals surface area contributed by atoms with Crippen molar-refractivity contribution in [1.29, 1.82) is 21.0 Å². The minimum absolute atomic E-state index is 0.248. The Kier molecular flexibility index (Phi) is 7.19. The number of hydrogen-bond donors (Lipinski definition) is 0. The Morgan fingerprint density at radius 2 is 0.604 bits per heavy atom.